The van der Waals surface area contributed by atoms with Gasteiger partial charge in [-0.25, -0.2) is 9.18 Å². The van der Waals surface area contributed by atoms with Crippen LogP contribution in [0.15, 0.2) is 18.2 Å². The summed E-state index contributed by atoms with van der Waals surface area (Å²) in [5, 5.41) is 0.0911. The summed E-state index contributed by atoms with van der Waals surface area (Å²) >= 11 is 5.61. The molecular formula is C15H20ClFN2O3. The van der Waals surface area contributed by atoms with Crippen molar-refractivity contribution in [3.05, 3.63) is 29.0 Å². The van der Waals surface area contributed by atoms with Gasteiger partial charge in [-0.15, -0.1) is 0 Å². The van der Waals surface area contributed by atoms with Gasteiger partial charge < -0.3 is 20.1 Å². The Bertz CT molecular complexity index is 508. The summed E-state index contributed by atoms with van der Waals surface area (Å²) in [6.45, 7) is 3.14. The topological polar surface area (TPSA) is 64.8 Å². The largest absolute Gasteiger partial charge is 0.493 e. The molecule has 0 aromatic heterocycles. The maximum Gasteiger partial charge on any atom is 0.404 e. The lowest BCUT2D eigenvalue weighted by Gasteiger charge is -2.31. The van der Waals surface area contributed by atoms with Gasteiger partial charge in [-0.05, 0) is 31.4 Å². The van der Waals surface area contributed by atoms with Gasteiger partial charge in [0.25, 0.3) is 0 Å². The molecule has 1 amide bonds. The first kappa shape index (κ1) is 16.8. The van der Waals surface area contributed by atoms with E-state index in [2.05, 4.69) is 4.90 Å². The lowest BCUT2D eigenvalue weighted by Crippen LogP contribution is -2.39. The molecule has 2 N–H and O–H groups in total. The van der Waals surface area contributed by atoms with Crippen LogP contribution in [0.5, 0.6) is 5.75 Å². The van der Waals surface area contributed by atoms with Crippen molar-refractivity contribution in [3.63, 3.8) is 0 Å². The first-order chi connectivity index (χ1) is 10.5. The van der Waals surface area contributed by atoms with Gasteiger partial charge in [-0.2, -0.15) is 0 Å². The van der Waals surface area contributed by atoms with E-state index < -0.39 is 11.9 Å². The van der Waals surface area contributed by atoms with E-state index in [0.717, 1.165) is 38.9 Å². The highest BCUT2D eigenvalue weighted by Crippen LogP contribution is 2.20. The molecule has 0 radical (unpaired) electrons. The van der Waals surface area contributed by atoms with Gasteiger partial charge in [-0.1, -0.05) is 11.6 Å². The van der Waals surface area contributed by atoms with E-state index in [1.807, 2.05) is 0 Å². The molecule has 122 valence electrons. The van der Waals surface area contributed by atoms with Gasteiger partial charge in [0, 0.05) is 25.7 Å². The number of nitrogens with zero attached hydrogens (tertiary/aromatic N) is 1. The van der Waals surface area contributed by atoms with Crippen molar-refractivity contribution in [1.82, 2.24) is 4.90 Å². The third-order valence-corrected chi connectivity index (χ3v) is 3.90. The highest BCUT2D eigenvalue weighted by atomic mass is 35.5. The number of benzene rings is 1. The molecule has 7 heteroatoms. The van der Waals surface area contributed by atoms with Crippen LogP contribution in [0.2, 0.25) is 5.02 Å². The number of ether oxygens (including phenoxy) is 2. The van der Waals surface area contributed by atoms with E-state index in [4.69, 9.17) is 26.8 Å². The Balaban J connectivity index is 1.61. The third kappa shape index (κ3) is 5.35. The normalized spacial score (nSPS) is 16.5. The quantitative estimate of drug-likeness (QED) is 0.815. The number of amides is 1. The molecule has 1 saturated heterocycles. The lowest BCUT2D eigenvalue weighted by atomic mass is 10.1. The molecule has 0 unspecified atom stereocenters. The summed E-state index contributed by atoms with van der Waals surface area (Å²) in [5.74, 6) is 0.00570. The van der Waals surface area contributed by atoms with E-state index in [-0.39, 0.29) is 11.1 Å². The molecule has 1 aromatic carbocycles. The number of likely N-dealkylation sites (tertiary alicyclic amines) is 1. The fourth-order valence-electron chi connectivity index (χ4n) is 2.46. The molecule has 1 aliphatic heterocycles. The van der Waals surface area contributed by atoms with Crippen molar-refractivity contribution < 1.29 is 18.7 Å². The Morgan fingerprint density at radius 2 is 2.14 bits per heavy atom. The highest BCUT2D eigenvalue weighted by Gasteiger charge is 2.20. The zero-order chi connectivity index (χ0) is 15.9. The number of piperidine rings is 1. The van der Waals surface area contributed by atoms with Crippen LogP contribution in [-0.2, 0) is 4.74 Å². The minimum Gasteiger partial charge on any atom is -0.493 e. The van der Waals surface area contributed by atoms with Gasteiger partial charge in [0.2, 0.25) is 0 Å². The van der Waals surface area contributed by atoms with Crippen LogP contribution in [0.3, 0.4) is 0 Å². The average molecular weight is 331 g/mol. The molecule has 0 bridgehead atoms. The van der Waals surface area contributed by atoms with Crippen molar-refractivity contribution >= 4 is 17.7 Å². The van der Waals surface area contributed by atoms with Crippen LogP contribution in [0.1, 0.15) is 19.3 Å². The summed E-state index contributed by atoms with van der Waals surface area (Å²) in [6, 6.07) is 4.42. The fraction of sp³-hybridized carbons (Fsp3) is 0.533. The van der Waals surface area contributed by atoms with Gasteiger partial charge in [0.15, 0.2) is 0 Å². The number of nitrogens with two attached hydrogens (primary N) is 1. The number of carbonyl (C=O) groups is 1. The Morgan fingerprint density at radius 1 is 1.41 bits per heavy atom. The zero-order valence-electron chi connectivity index (χ0n) is 12.3. The number of rotatable bonds is 6. The Labute approximate surface area is 134 Å². The standard InChI is InChI=1S/C15H20ClFN2O3/c16-13-3-2-12(10-14(13)17)21-9-1-6-19-7-4-11(5-8-19)22-15(18)20/h2-3,10-11H,1,4-9H2,(H2,18,20). The Morgan fingerprint density at radius 3 is 2.77 bits per heavy atom. The zero-order valence-corrected chi connectivity index (χ0v) is 13.0. The molecule has 5 nitrogen and oxygen atoms in total. The van der Waals surface area contributed by atoms with Crippen LogP contribution in [0.25, 0.3) is 0 Å². The molecule has 22 heavy (non-hydrogen) atoms. The van der Waals surface area contributed by atoms with Crippen LogP contribution < -0.4 is 10.5 Å². The third-order valence-electron chi connectivity index (χ3n) is 3.60. The first-order valence-electron chi connectivity index (χ1n) is 7.31. The predicted molar refractivity (Wildman–Crippen MR) is 81.7 cm³/mol. The molecule has 0 saturated carbocycles. The first-order valence-corrected chi connectivity index (χ1v) is 7.68. The lowest BCUT2D eigenvalue weighted by molar-refractivity contribution is 0.0549. The summed E-state index contributed by atoms with van der Waals surface area (Å²) in [7, 11) is 0. The maximum absolute atomic E-state index is 13.2. The number of carbonyl (C=O) groups excluding carboxylic acids is 1. The van der Waals surface area contributed by atoms with Gasteiger partial charge in [-0.3, -0.25) is 0 Å². The van der Waals surface area contributed by atoms with Gasteiger partial charge >= 0.3 is 6.09 Å². The summed E-state index contributed by atoms with van der Waals surface area (Å²) in [6.07, 6.45) is 1.66. The Kier molecular flexibility index (Phi) is 6.27. The molecule has 1 aliphatic rings. The molecule has 1 aromatic rings. The van der Waals surface area contributed by atoms with E-state index in [1.54, 1.807) is 6.07 Å². The monoisotopic (exact) mass is 330 g/mol. The summed E-state index contributed by atoms with van der Waals surface area (Å²) in [5.41, 5.74) is 5.01. The van der Waals surface area contributed by atoms with Crippen LogP contribution in [0, 0.1) is 5.82 Å². The van der Waals surface area contributed by atoms with Crippen LogP contribution >= 0.6 is 11.6 Å². The number of hydrogen-bond acceptors (Lipinski definition) is 4. The van der Waals surface area contributed by atoms with Crippen LogP contribution in [0.4, 0.5) is 9.18 Å². The minimum absolute atomic E-state index is 0.0676. The van der Waals surface area contributed by atoms with Gasteiger partial charge in [0.1, 0.15) is 17.7 Å². The van der Waals surface area contributed by atoms with Crippen molar-refractivity contribution in [2.75, 3.05) is 26.2 Å². The summed E-state index contributed by atoms with van der Waals surface area (Å²) in [4.78, 5) is 13.0. The molecular weight excluding hydrogens is 311 g/mol. The second kappa shape index (κ2) is 8.19. The molecule has 2 rings (SSSR count). The molecule has 1 fully saturated rings. The minimum atomic E-state index is -0.706. The second-order valence-electron chi connectivity index (χ2n) is 5.26. The van der Waals surface area contributed by atoms with Gasteiger partial charge in [0.05, 0.1) is 11.6 Å². The van der Waals surface area contributed by atoms with E-state index in [1.165, 1.54) is 12.1 Å². The molecule has 0 spiro atoms. The number of primary amides is 1. The van der Waals surface area contributed by atoms with Crippen molar-refractivity contribution in [2.24, 2.45) is 5.73 Å². The van der Waals surface area contributed by atoms with Crippen molar-refractivity contribution in [1.29, 1.82) is 0 Å². The highest BCUT2D eigenvalue weighted by molar-refractivity contribution is 6.30. The fourth-order valence-corrected chi connectivity index (χ4v) is 2.58. The summed E-state index contributed by atoms with van der Waals surface area (Å²) < 4.78 is 23.7. The maximum atomic E-state index is 13.2. The number of halogens is 2. The predicted octanol–water partition coefficient (Wildman–Crippen LogP) is 2.81. The SMILES string of the molecule is NC(=O)OC1CCN(CCCOc2ccc(Cl)c(F)c2)CC1. The molecule has 0 aliphatic carbocycles. The second-order valence-corrected chi connectivity index (χ2v) is 5.66. The van der Waals surface area contributed by atoms with Crippen LogP contribution in [-0.4, -0.2) is 43.3 Å². The Hall–Kier alpha value is -1.53. The molecule has 0 atom stereocenters. The average Bonchev–Trinajstić information content (AvgIpc) is 2.48. The van der Waals surface area contributed by atoms with E-state index >= 15 is 0 Å². The number of hydrogen-bond donors (Lipinski definition) is 1. The van der Waals surface area contributed by atoms with Crippen molar-refractivity contribution in [2.45, 2.75) is 25.4 Å². The van der Waals surface area contributed by atoms with E-state index in [9.17, 15) is 9.18 Å². The van der Waals surface area contributed by atoms with Crippen molar-refractivity contribution in [3.8, 4) is 5.75 Å². The molecule has 1 heterocycles. The smallest absolute Gasteiger partial charge is 0.404 e. The van der Waals surface area contributed by atoms with E-state index in [0.29, 0.717) is 12.4 Å².